The van der Waals surface area contributed by atoms with E-state index >= 15 is 0 Å². The van der Waals surface area contributed by atoms with Crippen molar-refractivity contribution < 1.29 is 13.5 Å². The summed E-state index contributed by atoms with van der Waals surface area (Å²) in [5.41, 5.74) is 3.12. The number of rotatable bonds is 7. The van der Waals surface area contributed by atoms with Crippen molar-refractivity contribution in [3.63, 3.8) is 0 Å². The van der Waals surface area contributed by atoms with Crippen molar-refractivity contribution in [3.05, 3.63) is 102 Å². The second kappa shape index (κ2) is 9.06. The number of phenols is 1. The Labute approximate surface area is 192 Å². The monoisotopic (exact) mass is 459 g/mol. The molecule has 166 valence electrons. The van der Waals surface area contributed by atoms with Gasteiger partial charge in [-0.3, -0.25) is 9.73 Å². The first-order chi connectivity index (χ1) is 15.9. The maximum atomic E-state index is 12.8. The zero-order chi connectivity index (χ0) is 23.4. The molecule has 1 aromatic heterocycles. The van der Waals surface area contributed by atoms with Gasteiger partial charge in [0.25, 0.3) is 10.0 Å². The van der Waals surface area contributed by atoms with E-state index in [1.807, 2.05) is 24.1 Å². The van der Waals surface area contributed by atoms with Crippen molar-refractivity contribution in [1.29, 1.82) is 5.26 Å². The van der Waals surface area contributed by atoms with Crippen LogP contribution < -0.4 is 9.73 Å². The molecule has 0 aliphatic carbocycles. The van der Waals surface area contributed by atoms with Gasteiger partial charge in [0.1, 0.15) is 12.1 Å². The van der Waals surface area contributed by atoms with Crippen LogP contribution in [-0.4, -0.2) is 23.2 Å². The van der Waals surface area contributed by atoms with Gasteiger partial charge in [-0.1, -0.05) is 23.8 Å². The number of aromatic nitrogens is 2. The SMILES string of the molecule is Cc1ccc(S(=O)(=O)Nc2cc(CN(c3ccc(C#N)cc3)n3ccnc3)ccc2O)cc1. The standard InChI is InChI=1S/C24H21N5O3S/c1-18-2-9-22(10-3-18)33(31,32)27-23-14-20(6-11-24(23)30)16-29(28-13-12-26-17-28)21-7-4-19(15-25)5-8-21/h2-14,17,27,30H,16H2,1H3. The molecule has 33 heavy (non-hydrogen) atoms. The molecule has 0 atom stereocenters. The third-order valence-electron chi connectivity index (χ3n) is 5.03. The molecule has 0 amide bonds. The van der Waals surface area contributed by atoms with Crippen LogP contribution >= 0.6 is 0 Å². The average Bonchev–Trinajstić information content (AvgIpc) is 3.34. The second-order valence-electron chi connectivity index (χ2n) is 7.43. The van der Waals surface area contributed by atoms with Crippen LogP contribution in [0.1, 0.15) is 16.7 Å². The summed E-state index contributed by atoms with van der Waals surface area (Å²) in [4.78, 5) is 4.21. The molecule has 0 fully saturated rings. The average molecular weight is 460 g/mol. The van der Waals surface area contributed by atoms with Gasteiger partial charge in [-0.2, -0.15) is 5.26 Å². The van der Waals surface area contributed by atoms with Crippen molar-refractivity contribution in [1.82, 2.24) is 9.66 Å². The molecule has 3 aromatic carbocycles. The molecule has 4 rings (SSSR count). The van der Waals surface area contributed by atoms with Crippen LogP contribution in [0, 0.1) is 18.3 Å². The van der Waals surface area contributed by atoms with E-state index in [0.29, 0.717) is 12.1 Å². The van der Waals surface area contributed by atoms with Crippen molar-refractivity contribution in [2.75, 3.05) is 9.73 Å². The van der Waals surface area contributed by atoms with Gasteiger partial charge in [0.05, 0.1) is 34.4 Å². The quantitative estimate of drug-likeness (QED) is 0.404. The number of nitrogens with one attached hydrogen (secondary N) is 1. The molecule has 4 aromatic rings. The fourth-order valence-corrected chi connectivity index (χ4v) is 4.33. The number of benzene rings is 3. The molecule has 8 nitrogen and oxygen atoms in total. The molecule has 2 N–H and O–H groups in total. The molecule has 0 saturated heterocycles. The lowest BCUT2D eigenvalue weighted by molar-refractivity contribution is 0.477. The van der Waals surface area contributed by atoms with Gasteiger partial charge in [-0.15, -0.1) is 0 Å². The van der Waals surface area contributed by atoms with Gasteiger partial charge in [0, 0.05) is 12.4 Å². The van der Waals surface area contributed by atoms with E-state index in [9.17, 15) is 13.5 Å². The van der Waals surface area contributed by atoms with Crippen LogP contribution in [0.2, 0.25) is 0 Å². The Hall–Kier alpha value is -4.29. The van der Waals surface area contributed by atoms with Crippen LogP contribution in [-0.2, 0) is 16.6 Å². The molecule has 0 aliphatic rings. The molecular formula is C24H21N5O3S. The number of nitriles is 1. The summed E-state index contributed by atoms with van der Waals surface area (Å²) in [5.74, 6) is -0.179. The number of phenolic OH excluding ortho intramolecular Hbond substituents is 1. The highest BCUT2D eigenvalue weighted by Gasteiger charge is 2.17. The molecule has 0 aliphatic heterocycles. The highest BCUT2D eigenvalue weighted by Crippen LogP contribution is 2.29. The summed E-state index contributed by atoms with van der Waals surface area (Å²) in [6.45, 7) is 2.22. The minimum atomic E-state index is -3.87. The smallest absolute Gasteiger partial charge is 0.262 e. The summed E-state index contributed by atoms with van der Waals surface area (Å²) in [6, 6.07) is 20.4. The van der Waals surface area contributed by atoms with Crippen LogP contribution in [0.4, 0.5) is 11.4 Å². The predicted molar refractivity (Wildman–Crippen MR) is 125 cm³/mol. The van der Waals surface area contributed by atoms with E-state index in [-0.39, 0.29) is 16.3 Å². The number of aromatic hydroxyl groups is 1. The fraction of sp³-hybridized carbons (Fsp3) is 0.0833. The first-order valence-corrected chi connectivity index (χ1v) is 11.5. The Morgan fingerprint density at radius 1 is 1.09 bits per heavy atom. The summed E-state index contributed by atoms with van der Waals surface area (Å²) in [7, 11) is -3.87. The van der Waals surface area contributed by atoms with Gasteiger partial charge in [0.2, 0.25) is 0 Å². The predicted octanol–water partition coefficient (Wildman–Crippen LogP) is 4.04. The molecule has 0 bridgehead atoms. The van der Waals surface area contributed by atoms with Gasteiger partial charge in [-0.05, 0) is 61.0 Å². The number of sulfonamides is 1. The Bertz CT molecular complexity index is 1390. The summed E-state index contributed by atoms with van der Waals surface area (Å²) in [6.07, 6.45) is 5.06. The van der Waals surface area contributed by atoms with E-state index in [1.54, 1.807) is 59.8 Å². The first kappa shape index (κ1) is 21.9. The molecule has 0 saturated carbocycles. The van der Waals surface area contributed by atoms with Crippen molar-refractivity contribution in [3.8, 4) is 11.8 Å². The number of aryl methyl sites for hydroxylation is 1. The maximum absolute atomic E-state index is 12.8. The lowest BCUT2D eigenvalue weighted by Crippen LogP contribution is -2.27. The lowest BCUT2D eigenvalue weighted by atomic mass is 10.1. The third-order valence-corrected chi connectivity index (χ3v) is 6.41. The Balaban J connectivity index is 1.64. The lowest BCUT2D eigenvalue weighted by Gasteiger charge is -2.26. The highest BCUT2D eigenvalue weighted by atomic mass is 32.2. The molecule has 0 unspecified atom stereocenters. The largest absolute Gasteiger partial charge is 0.506 e. The first-order valence-electron chi connectivity index (χ1n) is 10.0. The van der Waals surface area contributed by atoms with Crippen molar-refractivity contribution >= 4 is 21.4 Å². The van der Waals surface area contributed by atoms with Crippen LogP contribution in [0.5, 0.6) is 5.75 Å². The summed E-state index contributed by atoms with van der Waals surface area (Å²) < 4.78 is 29.8. The maximum Gasteiger partial charge on any atom is 0.262 e. The van der Waals surface area contributed by atoms with Gasteiger partial charge in [0.15, 0.2) is 0 Å². The molecule has 1 heterocycles. The van der Waals surface area contributed by atoms with Gasteiger partial charge >= 0.3 is 0 Å². The molecular weight excluding hydrogens is 438 g/mol. The van der Waals surface area contributed by atoms with E-state index in [0.717, 1.165) is 16.8 Å². The van der Waals surface area contributed by atoms with E-state index < -0.39 is 10.0 Å². The van der Waals surface area contributed by atoms with Crippen LogP contribution in [0.25, 0.3) is 0 Å². The number of hydrogen-bond donors (Lipinski definition) is 2. The topological polar surface area (TPSA) is 111 Å². The van der Waals surface area contributed by atoms with Crippen LogP contribution in [0.15, 0.2) is 90.3 Å². The number of nitrogens with zero attached hydrogens (tertiary/aromatic N) is 4. The van der Waals surface area contributed by atoms with E-state index in [4.69, 9.17) is 5.26 Å². The molecule has 9 heteroatoms. The Kier molecular flexibility index (Phi) is 6.02. The molecule has 0 radical (unpaired) electrons. The third kappa shape index (κ3) is 4.97. The Morgan fingerprint density at radius 2 is 1.82 bits per heavy atom. The zero-order valence-electron chi connectivity index (χ0n) is 17.8. The second-order valence-corrected chi connectivity index (χ2v) is 9.11. The minimum absolute atomic E-state index is 0.0819. The number of anilines is 2. The minimum Gasteiger partial charge on any atom is -0.506 e. The zero-order valence-corrected chi connectivity index (χ0v) is 18.6. The number of imidazole rings is 1. The highest BCUT2D eigenvalue weighted by molar-refractivity contribution is 7.92. The number of hydrogen-bond acceptors (Lipinski definition) is 6. The Morgan fingerprint density at radius 3 is 2.45 bits per heavy atom. The van der Waals surface area contributed by atoms with E-state index in [1.165, 1.54) is 18.2 Å². The van der Waals surface area contributed by atoms with Crippen molar-refractivity contribution in [2.24, 2.45) is 0 Å². The summed E-state index contributed by atoms with van der Waals surface area (Å²) in [5, 5.41) is 21.3. The molecule has 0 spiro atoms. The fourth-order valence-electron chi connectivity index (χ4n) is 3.27. The van der Waals surface area contributed by atoms with E-state index in [2.05, 4.69) is 15.8 Å². The van der Waals surface area contributed by atoms with Crippen LogP contribution in [0.3, 0.4) is 0 Å². The normalized spacial score (nSPS) is 11.0. The van der Waals surface area contributed by atoms with Gasteiger partial charge < -0.3 is 5.11 Å². The van der Waals surface area contributed by atoms with Gasteiger partial charge in [-0.25, -0.2) is 18.1 Å². The van der Waals surface area contributed by atoms with Crippen molar-refractivity contribution in [2.45, 2.75) is 18.4 Å². The summed E-state index contributed by atoms with van der Waals surface area (Å²) >= 11 is 0.